The third-order valence-corrected chi connectivity index (χ3v) is 6.20. The molecule has 0 bridgehead atoms. The molecule has 1 N–H and O–H groups in total. The van der Waals surface area contributed by atoms with E-state index < -0.39 is 15.9 Å². The lowest BCUT2D eigenvalue weighted by Gasteiger charge is -2.38. The summed E-state index contributed by atoms with van der Waals surface area (Å²) in [5.74, 6) is -0.242. The van der Waals surface area contributed by atoms with Gasteiger partial charge in [0.2, 0.25) is 0 Å². The molecule has 5 nitrogen and oxygen atoms in total. The largest absolute Gasteiger partial charge is 0.364 e. The van der Waals surface area contributed by atoms with Crippen molar-refractivity contribution in [1.29, 1.82) is 0 Å². The molecule has 1 amide bonds. The number of nitrogens with zero attached hydrogens (tertiary/aromatic N) is 1. The number of halogens is 1. The van der Waals surface area contributed by atoms with Gasteiger partial charge in [0.05, 0.1) is 6.04 Å². The van der Waals surface area contributed by atoms with Crippen LogP contribution in [0.25, 0.3) is 0 Å². The van der Waals surface area contributed by atoms with Crippen molar-refractivity contribution in [3.63, 3.8) is 0 Å². The fourth-order valence-electron chi connectivity index (χ4n) is 3.71. The molecule has 0 aromatic heterocycles. The molecule has 2 atom stereocenters. The highest BCUT2D eigenvalue weighted by atomic mass is 35.5. The Morgan fingerprint density at radius 1 is 1.17 bits per heavy atom. The van der Waals surface area contributed by atoms with Gasteiger partial charge in [-0.25, -0.2) is 8.42 Å². The standard InChI is InChI=1S/C23H27ClN2O3S/c1-17(14-16-30(2,28)29)25-23(27)18-10-12-19(13-11-18)26-15-6-5-9-22(26)20-7-3-4-8-21(20)24/h3-4,7-8,10-14,16-17,22H,5-6,9,15H2,1-2H3,(H,25,27)/b16-14+/t17-,22-/m1/s1. The van der Waals surface area contributed by atoms with Gasteiger partial charge in [-0.05, 0) is 62.1 Å². The molecule has 160 valence electrons. The molecule has 1 aliphatic rings. The summed E-state index contributed by atoms with van der Waals surface area (Å²) >= 11 is 6.46. The normalized spacial score (nSPS) is 18.4. The van der Waals surface area contributed by atoms with E-state index in [-0.39, 0.29) is 11.9 Å². The Balaban J connectivity index is 1.73. The minimum absolute atomic E-state index is 0.216. The zero-order chi connectivity index (χ0) is 21.7. The van der Waals surface area contributed by atoms with Gasteiger partial charge in [0, 0.05) is 40.5 Å². The second-order valence-corrected chi connectivity index (χ2v) is 10.0. The molecule has 1 aliphatic heterocycles. The Bertz CT molecular complexity index is 1020. The number of rotatable bonds is 6. The molecular weight excluding hydrogens is 420 g/mol. The molecule has 1 saturated heterocycles. The Hall–Kier alpha value is -2.31. The highest BCUT2D eigenvalue weighted by Crippen LogP contribution is 2.37. The molecule has 2 aromatic rings. The van der Waals surface area contributed by atoms with E-state index in [1.165, 1.54) is 6.08 Å². The number of benzene rings is 2. The van der Waals surface area contributed by atoms with Crippen LogP contribution in [0.5, 0.6) is 0 Å². The van der Waals surface area contributed by atoms with Crippen molar-refractivity contribution in [2.24, 2.45) is 0 Å². The Kier molecular flexibility index (Phi) is 7.21. The van der Waals surface area contributed by atoms with Gasteiger partial charge in [-0.1, -0.05) is 35.9 Å². The fraction of sp³-hybridized carbons (Fsp3) is 0.348. The molecule has 30 heavy (non-hydrogen) atoms. The molecule has 3 rings (SSSR count). The van der Waals surface area contributed by atoms with Crippen molar-refractivity contribution >= 4 is 33.0 Å². The third kappa shape index (κ3) is 5.86. The topological polar surface area (TPSA) is 66.5 Å². The summed E-state index contributed by atoms with van der Waals surface area (Å²) in [7, 11) is -3.22. The number of nitrogens with one attached hydrogen (secondary N) is 1. The number of amides is 1. The molecule has 0 radical (unpaired) electrons. The van der Waals surface area contributed by atoms with E-state index in [2.05, 4.69) is 16.3 Å². The molecule has 0 unspecified atom stereocenters. The summed E-state index contributed by atoms with van der Waals surface area (Å²) in [4.78, 5) is 14.8. The van der Waals surface area contributed by atoms with E-state index >= 15 is 0 Å². The van der Waals surface area contributed by atoms with Crippen LogP contribution >= 0.6 is 11.6 Å². The SMILES string of the molecule is C[C@H](/C=C/S(C)(=O)=O)NC(=O)c1ccc(N2CCCC[C@@H]2c2ccccc2Cl)cc1. The highest BCUT2D eigenvalue weighted by molar-refractivity contribution is 7.93. The van der Waals surface area contributed by atoms with E-state index in [0.29, 0.717) is 5.56 Å². The molecule has 0 spiro atoms. The molecule has 2 aromatic carbocycles. The maximum atomic E-state index is 12.5. The highest BCUT2D eigenvalue weighted by Gasteiger charge is 2.26. The van der Waals surface area contributed by atoms with Gasteiger partial charge in [-0.15, -0.1) is 0 Å². The van der Waals surface area contributed by atoms with Gasteiger partial charge >= 0.3 is 0 Å². The van der Waals surface area contributed by atoms with Crippen LogP contribution in [-0.2, 0) is 9.84 Å². The van der Waals surface area contributed by atoms with Crippen LogP contribution in [0.3, 0.4) is 0 Å². The number of hydrogen-bond acceptors (Lipinski definition) is 4. The average molecular weight is 447 g/mol. The van der Waals surface area contributed by atoms with Crippen LogP contribution in [0, 0.1) is 0 Å². The summed E-state index contributed by atoms with van der Waals surface area (Å²) in [6.45, 7) is 2.67. The molecule has 1 fully saturated rings. The summed E-state index contributed by atoms with van der Waals surface area (Å²) in [5, 5.41) is 4.67. The van der Waals surface area contributed by atoms with Crippen LogP contribution in [0.2, 0.25) is 5.02 Å². The number of sulfone groups is 1. The number of piperidine rings is 1. The smallest absolute Gasteiger partial charge is 0.251 e. The minimum atomic E-state index is -3.22. The van der Waals surface area contributed by atoms with Crippen LogP contribution in [-0.4, -0.2) is 33.2 Å². The molecular formula is C23H27ClN2O3S. The zero-order valence-corrected chi connectivity index (χ0v) is 18.8. The third-order valence-electron chi connectivity index (χ3n) is 5.20. The van der Waals surface area contributed by atoms with E-state index in [9.17, 15) is 13.2 Å². The first-order valence-electron chi connectivity index (χ1n) is 10.0. The summed E-state index contributed by atoms with van der Waals surface area (Å²) in [6.07, 6.45) is 5.89. The van der Waals surface area contributed by atoms with Crippen molar-refractivity contribution < 1.29 is 13.2 Å². The van der Waals surface area contributed by atoms with E-state index in [4.69, 9.17) is 11.6 Å². The maximum Gasteiger partial charge on any atom is 0.251 e. The molecule has 0 aliphatic carbocycles. The first kappa shape index (κ1) is 22.4. The van der Waals surface area contributed by atoms with Crippen LogP contribution < -0.4 is 10.2 Å². The number of hydrogen-bond donors (Lipinski definition) is 1. The van der Waals surface area contributed by atoms with Gasteiger partial charge in [0.1, 0.15) is 0 Å². The number of carbonyl (C=O) groups excluding carboxylic acids is 1. The van der Waals surface area contributed by atoms with Gasteiger partial charge in [0.25, 0.3) is 5.91 Å². The first-order valence-corrected chi connectivity index (χ1v) is 12.4. The lowest BCUT2D eigenvalue weighted by atomic mass is 9.94. The van der Waals surface area contributed by atoms with Crippen molar-refractivity contribution in [2.45, 2.75) is 38.3 Å². The molecule has 0 saturated carbocycles. The summed E-state index contributed by atoms with van der Waals surface area (Å²) < 4.78 is 22.4. The van der Waals surface area contributed by atoms with Gasteiger partial charge in [-0.3, -0.25) is 4.79 Å². The Labute approximate surface area is 183 Å². The van der Waals surface area contributed by atoms with Crippen molar-refractivity contribution in [2.75, 3.05) is 17.7 Å². The monoisotopic (exact) mass is 446 g/mol. The lowest BCUT2D eigenvalue weighted by Crippen LogP contribution is -2.34. The van der Waals surface area contributed by atoms with Crippen molar-refractivity contribution in [1.82, 2.24) is 5.32 Å². The van der Waals surface area contributed by atoms with E-state index in [0.717, 1.165) is 53.7 Å². The molecule has 7 heteroatoms. The van der Waals surface area contributed by atoms with Crippen LogP contribution in [0.1, 0.15) is 48.1 Å². The lowest BCUT2D eigenvalue weighted by molar-refractivity contribution is 0.0947. The van der Waals surface area contributed by atoms with Crippen LogP contribution in [0.4, 0.5) is 5.69 Å². The second kappa shape index (κ2) is 9.67. The van der Waals surface area contributed by atoms with Crippen LogP contribution in [0.15, 0.2) is 60.0 Å². The predicted molar refractivity (Wildman–Crippen MR) is 123 cm³/mol. The van der Waals surface area contributed by atoms with Gasteiger partial charge in [0.15, 0.2) is 9.84 Å². The predicted octanol–water partition coefficient (Wildman–Crippen LogP) is 4.75. The number of carbonyl (C=O) groups is 1. The second-order valence-electron chi connectivity index (χ2n) is 7.69. The average Bonchev–Trinajstić information content (AvgIpc) is 2.72. The molecule has 1 heterocycles. The Morgan fingerprint density at radius 3 is 2.53 bits per heavy atom. The first-order chi connectivity index (χ1) is 14.2. The summed E-state index contributed by atoms with van der Waals surface area (Å²) in [6, 6.07) is 15.3. The van der Waals surface area contributed by atoms with E-state index in [1.807, 2.05) is 30.3 Å². The van der Waals surface area contributed by atoms with E-state index in [1.54, 1.807) is 19.1 Å². The fourth-order valence-corrected chi connectivity index (χ4v) is 4.50. The van der Waals surface area contributed by atoms with Gasteiger partial charge < -0.3 is 10.2 Å². The van der Waals surface area contributed by atoms with Crippen molar-refractivity contribution in [3.8, 4) is 0 Å². The number of anilines is 1. The maximum absolute atomic E-state index is 12.5. The van der Waals surface area contributed by atoms with Crippen molar-refractivity contribution in [3.05, 3.63) is 76.2 Å². The quantitative estimate of drug-likeness (QED) is 0.695. The summed E-state index contributed by atoms with van der Waals surface area (Å²) in [5.41, 5.74) is 2.72. The van der Waals surface area contributed by atoms with Gasteiger partial charge in [-0.2, -0.15) is 0 Å². The zero-order valence-electron chi connectivity index (χ0n) is 17.2. The Morgan fingerprint density at radius 2 is 1.87 bits per heavy atom. The minimum Gasteiger partial charge on any atom is -0.364 e.